The predicted octanol–water partition coefficient (Wildman–Crippen LogP) is 2.92. The van der Waals surface area contributed by atoms with Crippen molar-refractivity contribution >= 4 is 35.2 Å². The first-order valence-corrected chi connectivity index (χ1v) is 10.5. The molecule has 8 nitrogen and oxygen atoms in total. The van der Waals surface area contributed by atoms with E-state index < -0.39 is 11.8 Å². The van der Waals surface area contributed by atoms with Gasteiger partial charge in [0, 0.05) is 34.9 Å². The molecule has 0 saturated heterocycles. The first-order valence-electron chi connectivity index (χ1n) is 9.55. The summed E-state index contributed by atoms with van der Waals surface area (Å²) in [6, 6.07) is 12.3. The summed E-state index contributed by atoms with van der Waals surface area (Å²) >= 11 is 1.26. The van der Waals surface area contributed by atoms with Gasteiger partial charge in [-0.2, -0.15) is 0 Å². The van der Waals surface area contributed by atoms with Crippen LogP contribution in [0.1, 0.15) is 46.0 Å². The van der Waals surface area contributed by atoms with Crippen molar-refractivity contribution in [1.29, 1.82) is 0 Å². The number of hydrogen-bond acceptors (Lipinski definition) is 5. The number of aromatic nitrogens is 2. The van der Waals surface area contributed by atoms with Crippen molar-refractivity contribution in [2.24, 2.45) is 11.5 Å². The highest BCUT2D eigenvalue weighted by Gasteiger charge is 2.13. The zero-order valence-corrected chi connectivity index (χ0v) is 18.0. The van der Waals surface area contributed by atoms with E-state index in [2.05, 4.69) is 36.3 Å². The predicted molar refractivity (Wildman–Crippen MR) is 120 cm³/mol. The molecule has 1 aromatic heterocycles. The molecule has 9 heteroatoms. The Hall–Kier alpha value is -3.59. The summed E-state index contributed by atoms with van der Waals surface area (Å²) in [6.45, 7) is 4.27. The second-order valence-corrected chi connectivity index (χ2v) is 8.13. The number of anilines is 1. The minimum absolute atomic E-state index is 0.0772. The number of primary amides is 2. The summed E-state index contributed by atoms with van der Waals surface area (Å²) in [4.78, 5) is 39.7. The van der Waals surface area contributed by atoms with E-state index in [0.717, 1.165) is 5.69 Å². The van der Waals surface area contributed by atoms with Gasteiger partial charge in [-0.3, -0.25) is 19.0 Å². The largest absolute Gasteiger partial charge is 0.366 e. The molecule has 160 valence electrons. The fourth-order valence-electron chi connectivity index (χ4n) is 2.92. The van der Waals surface area contributed by atoms with Crippen LogP contribution in [0.15, 0.2) is 60.0 Å². The maximum Gasteiger partial charge on any atom is 0.248 e. The third-order valence-corrected chi connectivity index (χ3v) is 5.53. The van der Waals surface area contributed by atoms with Crippen LogP contribution in [-0.4, -0.2) is 33.0 Å². The third-order valence-electron chi connectivity index (χ3n) is 4.56. The second-order valence-electron chi connectivity index (χ2n) is 7.19. The van der Waals surface area contributed by atoms with E-state index >= 15 is 0 Å². The van der Waals surface area contributed by atoms with E-state index in [1.54, 1.807) is 6.20 Å². The van der Waals surface area contributed by atoms with E-state index in [-0.39, 0.29) is 28.5 Å². The van der Waals surface area contributed by atoms with Crippen molar-refractivity contribution in [1.82, 2.24) is 9.55 Å². The number of thioether (sulfide) groups is 1. The Morgan fingerprint density at radius 3 is 2.19 bits per heavy atom. The summed E-state index contributed by atoms with van der Waals surface area (Å²) < 4.78 is 1.90. The molecule has 3 amide bonds. The molecule has 0 aliphatic rings. The molecule has 3 rings (SSSR count). The Morgan fingerprint density at radius 1 is 1.03 bits per heavy atom. The quantitative estimate of drug-likeness (QED) is 0.466. The summed E-state index contributed by atoms with van der Waals surface area (Å²) in [6.07, 6.45) is 3.51. The topological polar surface area (TPSA) is 133 Å². The van der Waals surface area contributed by atoms with Crippen molar-refractivity contribution in [2.75, 3.05) is 11.1 Å². The van der Waals surface area contributed by atoms with E-state index in [1.165, 1.54) is 35.5 Å². The number of benzene rings is 2. The molecule has 0 aliphatic carbocycles. The van der Waals surface area contributed by atoms with E-state index in [4.69, 9.17) is 11.5 Å². The first-order chi connectivity index (χ1) is 14.7. The molecule has 0 atom stereocenters. The minimum Gasteiger partial charge on any atom is -0.366 e. The summed E-state index contributed by atoms with van der Waals surface area (Å²) in [5.41, 5.74) is 13.2. The zero-order chi connectivity index (χ0) is 22.5. The van der Waals surface area contributed by atoms with Crippen LogP contribution in [0.4, 0.5) is 5.69 Å². The van der Waals surface area contributed by atoms with Crippen LogP contribution in [0.3, 0.4) is 0 Å². The molecule has 1 heterocycles. The Morgan fingerprint density at radius 2 is 1.65 bits per heavy atom. The van der Waals surface area contributed by atoms with Crippen LogP contribution in [-0.2, 0) is 4.79 Å². The van der Waals surface area contributed by atoms with Gasteiger partial charge in [0.25, 0.3) is 0 Å². The number of carbonyl (C=O) groups is 3. The van der Waals surface area contributed by atoms with Gasteiger partial charge in [-0.15, -0.1) is 0 Å². The molecule has 0 bridgehead atoms. The number of imidazole rings is 1. The maximum absolute atomic E-state index is 12.4. The van der Waals surface area contributed by atoms with Crippen LogP contribution in [0.2, 0.25) is 0 Å². The number of hydrogen-bond donors (Lipinski definition) is 3. The van der Waals surface area contributed by atoms with Crippen molar-refractivity contribution in [3.8, 4) is 5.69 Å². The van der Waals surface area contributed by atoms with E-state index in [0.29, 0.717) is 11.1 Å². The fraction of sp³-hybridized carbons (Fsp3) is 0.182. The van der Waals surface area contributed by atoms with Gasteiger partial charge in [0.15, 0.2) is 5.16 Å². The molecule has 0 radical (unpaired) electrons. The highest BCUT2D eigenvalue weighted by atomic mass is 32.2. The fourth-order valence-corrected chi connectivity index (χ4v) is 3.70. The average Bonchev–Trinajstić information content (AvgIpc) is 3.20. The normalized spacial score (nSPS) is 10.8. The van der Waals surface area contributed by atoms with Gasteiger partial charge in [-0.1, -0.05) is 37.7 Å². The SMILES string of the molecule is CC(C)c1ccc(-n2ccnc2SCC(=O)Nc2cc(C(N)=O)cc(C(N)=O)c2)cc1. The van der Waals surface area contributed by atoms with Gasteiger partial charge < -0.3 is 16.8 Å². The molecular formula is C22H23N5O3S. The number of nitrogens with two attached hydrogens (primary N) is 2. The summed E-state index contributed by atoms with van der Waals surface area (Å²) in [5, 5.41) is 3.32. The van der Waals surface area contributed by atoms with Gasteiger partial charge in [-0.25, -0.2) is 4.98 Å². The zero-order valence-electron chi connectivity index (χ0n) is 17.2. The molecule has 5 N–H and O–H groups in total. The van der Waals surface area contributed by atoms with Crippen LogP contribution in [0, 0.1) is 0 Å². The number of amides is 3. The molecular weight excluding hydrogens is 414 g/mol. The standard InChI is InChI=1S/C22H23N5O3S/c1-13(2)14-3-5-18(6-4-14)27-8-7-25-22(27)31-12-19(28)26-17-10-15(20(23)29)9-16(11-17)21(24)30/h3-11,13H,12H2,1-2H3,(H2,23,29)(H2,24,30)(H,26,28). The second kappa shape index (κ2) is 9.48. The Balaban J connectivity index is 1.69. The van der Waals surface area contributed by atoms with Gasteiger partial charge in [0.05, 0.1) is 5.75 Å². The smallest absolute Gasteiger partial charge is 0.248 e. The van der Waals surface area contributed by atoms with Crippen molar-refractivity contribution in [2.45, 2.75) is 24.9 Å². The molecule has 0 spiro atoms. The Kier molecular flexibility index (Phi) is 6.76. The van der Waals surface area contributed by atoms with Crippen molar-refractivity contribution < 1.29 is 14.4 Å². The Bertz CT molecular complexity index is 1090. The monoisotopic (exact) mass is 437 g/mol. The van der Waals surface area contributed by atoms with Gasteiger partial charge >= 0.3 is 0 Å². The summed E-state index contributed by atoms with van der Waals surface area (Å²) in [5.74, 6) is -1.26. The average molecular weight is 438 g/mol. The van der Waals surface area contributed by atoms with Crippen LogP contribution in [0.5, 0.6) is 0 Å². The highest BCUT2D eigenvalue weighted by Crippen LogP contribution is 2.23. The molecule has 2 aromatic carbocycles. The number of rotatable bonds is 8. The number of nitrogens with one attached hydrogen (secondary N) is 1. The van der Waals surface area contributed by atoms with Crippen LogP contribution >= 0.6 is 11.8 Å². The van der Waals surface area contributed by atoms with E-state index in [9.17, 15) is 14.4 Å². The van der Waals surface area contributed by atoms with Gasteiger partial charge in [0.2, 0.25) is 17.7 Å². The lowest BCUT2D eigenvalue weighted by Gasteiger charge is -2.11. The maximum atomic E-state index is 12.4. The van der Waals surface area contributed by atoms with Crippen LogP contribution < -0.4 is 16.8 Å². The number of carbonyl (C=O) groups excluding carboxylic acids is 3. The molecule has 0 unspecified atom stereocenters. The van der Waals surface area contributed by atoms with Crippen molar-refractivity contribution in [3.63, 3.8) is 0 Å². The highest BCUT2D eigenvalue weighted by molar-refractivity contribution is 7.99. The molecule has 31 heavy (non-hydrogen) atoms. The molecule has 0 fully saturated rings. The van der Waals surface area contributed by atoms with Crippen LogP contribution in [0.25, 0.3) is 5.69 Å². The van der Waals surface area contributed by atoms with E-state index in [1.807, 2.05) is 22.9 Å². The lowest BCUT2D eigenvalue weighted by molar-refractivity contribution is -0.113. The Labute approximate surface area is 184 Å². The van der Waals surface area contributed by atoms with Crippen molar-refractivity contribution in [3.05, 3.63) is 71.5 Å². The minimum atomic E-state index is -0.724. The first kappa shape index (κ1) is 22.1. The molecule has 3 aromatic rings. The lowest BCUT2D eigenvalue weighted by atomic mass is 10.0. The molecule has 0 saturated carbocycles. The third kappa shape index (κ3) is 5.52. The number of nitrogens with zero attached hydrogens (tertiary/aromatic N) is 2. The van der Waals surface area contributed by atoms with Gasteiger partial charge in [-0.05, 0) is 41.8 Å². The molecule has 0 aliphatic heterocycles. The van der Waals surface area contributed by atoms with Gasteiger partial charge in [0.1, 0.15) is 0 Å². The summed E-state index contributed by atoms with van der Waals surface area (Å²) in [7, 11) is 0. The lowest BCUT2D eigenvalue weighted by Crippen LogP contribution is -2.19.